The number of likely N-dealkylation sites (tertiary alicyclic amines) is 1. The SMILES string of the molecule is CN=C(NC1CCN(C(=O)C(C)C)CC1)NC1CC1c1ccccc1F.I. The van der Waals surface area contributed by atoms with Crippen LogP contribution in [-0.4, -0.2) is 49.0 Å². The van der Waals surface area contributed by atoms with Crippen LogP contribution in [0.5, 0.6) is 0 Å². The zero-order valence-electron chi connectivity index (χ0n) is 16.2. The molecule has 1 amide bonds. The first kappa shape index (κ1) is 21.9. The topological polar surface area (TPSA) is 56.7 Å². The fraction of sp³-hybridized carbons (Fsp3) is 0.600. The van der Waals surface area contributed by atoms with Gasteiger partial charge in [-0.25, -0.2) is 4.39 Å². The van der Waals surface area contributed by atoms with E-state index < -0.39 is 0 Å². The predicted octanol–water partition coefficient (Wildman–Crippen LogP) is 3.11. The number of halogens is 2. The average molecular weight is 488 g/mol. The molecular formula is C20H30FIN4O. The third-order valence-electron chi connectivity index (χ3n) is 5.28. The normalized spacial score (nSPS) is 23.0. The van der Waals surface area contributed by atoms with Gasteiger partial charge in [-0.05, 0) is 30.9 Å². The molecule has 1 saturated carbocycles. The summed E-state index contributed by atoms with van der Waals surface area (Å²) in [6, 6.07) is 7.51. The van der Waals surface area contributed by atoms with Crippen molar-refractivity contribution >= 4 is 35.8 Å². The van der Waals surface area contributed by atoms with E-state index in [2.05, 4.69) is 15.6 Å². The molecule has 1 saturated heterocycles. The maximum absolute atomic E-state index is 13.9. The number of rotatable bonds is 4. The number of hydrogen-bond donors (Lipinski definition) is 2. The van der Waals surface area contributed by atoms with Crippen LogP contribution in [0.3, 0.4) is 0 Å². The first-order valence-electron chi connectivity index (χ1n) is 9.52. The van der Waals surface area contributed by atoms with E-state index in [0.717, 1.165) is 43.9 Å². The minimum absolute atomic E-state index is 0. The van der Waals surface area contributed by atoms with Crippen molar-refractivity contribution in [3.05, 3.63) is 35.6 Å². The van der Waals surface area contributed by atoms with Crippen molar-refractivity contribution in [3.8, 4) is 0 Å². The second-order valence-electron chi connectivity index (χ2n) is 7.59. The summed E-state index contributed by atoms with van der Waals surface area (Å²) in [4.78, 5) is 18.3. The van der Waals surface area contributed by atoms with Crippen molar-refractivity contribution in [2.24, 2.45) is 10.9 Å². The highest BCUT2D eigenvalue weighted by Crippen LogP contribution is 2.41. The van der Waals surface area contributed by atoms with E-state index in [4.69, 9.17) is 0 Å². The molecule has 2 fully saturated rings. The summed E-state index contributed by atoms with van der Waals surface area (Å²) in [5, 5.41) is 6.87. The second-order valence-corrected chi connectivity index (χ2v) is 7.59. The van der Waals surface area contributed by atoms with Gasteiger partial charge in [0.05, 0.1) is 0 Å². The molecule has 0 bridgehead atoms. The molecule has 1 aromatic carbocycles. The van der Waals surface area contributed by atoms with Gasteiger partial charge in [0.2, 0.25) is 5.91 Å². The van der Waals surface area contributed by atoms with Gasteiger partial charge in [0.1, 0.15) is 5.82 Å². The fourth-order valence-corrected chi connectivity index (χ4v) is 3.62. The molecule has 1 aliphatic carbocycles. The van der Waals surface area contributed by atoms with Gasteiger partial charge in [0.15, 0.2) is 5.96 Å². The van der Waals surface area contributed by atoms with E-state index in [-0.39, 0.29) is 53.6 Å². The molecule has 2 atom stereocenters. The van der Waals surface area contributed by atoms with Crippen LogP contribution in [-0.2, 0) is 4.79 Å². The Morgan fingerprint density at radius 2 is 1.89 bits per heavy atom. The Morgan fingerprint density at radius 1 is 1.22 bits per heavy atom. The Hall–Kier alpha value is -1.38. The van der Waals surface area contributed by atoms with Crippen molar-refractivity contribution in [3.63, 3.8) is 0 Å². The molecule has 150 valence electrons. The van der Waals surface area contributed by atoms with Crippen LogP contribution >= 0.6 is 24.0 Å². The molecule has 0 aromatic heterocycles. The molecule has 0 spiro atoms. The number of aliphatic imine (C=N–C) groups is 1. The van der Waals surface area contributed by atoms with E-state index in [1.54, 1.807) is 13.1 Å². The van der Waals surface area contributed by atoms with Crippen LogP contribution in [0.1, 0.15) is 44.6 Å². The van der Waals surface area contributed by atoms with Crippen LogP contribution in [0.15, 0.2) is 29.3 Å². The monoisotopic (exact) mass is 488 g/mol. The average Bonchev–Trinajstić information content (AvgIpc) is 3.40. The smallest absolute Gasteiger partial charge is 0.225 e. The molecule has 1 aliphatic heterocycles. The quantitative estimate of drug-likeness (QED) is 0.389. The second kappa shape index (κ2) is 9.71. The van der Waals surface area contributed by atoms with Gasteiger partial charge < -0.3 is 15.5 Å². The summed E-state index contributed by atoms with van der Waals surface area (Å²) >= 11 is 0. The molecule has 1 heterocycles. The minimum Gasteiger partial charge on any atom is -0.354 e. The molecule has 7 heteroatoms. The van der Waals surface area contributed by atoms with Crippen LogP contribution in [0.2, 0.25) is 0 Å². The predicted molar refractivity (Wildman–Crippen MR) is 117 cm³/mol. The maximum atomic E-state index is 13.9. The van der Waals surface area contributed by atoms with E-state index >= 15 is 0 Å². The Balaban J connectivity index is 0.00000261. The van der Waals surface area contributed by atoms with Gasteiger partial charge >= 0.3 is 0 Å². The van der Waals surface area contributed by atoms with Crippen molar-refractivity contribution in [1.82, 2.24) is 15.5 Å². The molecule has 27 heavy (non-hydrogen) atoms. The summed E-state index contributed by atoms with van der Waals surface area (Å²) in [5.41, 5.74) is 0.779. The molecule has 1 aromatic rings. The minimum atomic E-state index is -0.132. The number of hydrogen-bond acceptors (Lipinski definition) is 2. The largest absolute Gasteiger partial charge is 0.354 e. The first-order valence-corrected chi connectivity index (χ1v) is 9.52. The lowest BCUT2D eigenvalue weighted by atomic mass is 10.0. The summed E-state index contributed by atoms with van der Waals surface area (Å²) in [7, 11) is 1.76. The molecule has 2 aliphatic rings. The van der Waals surface area contributed by atoms with Gasteiger partial charge in [0, 0.05) is 44.1 Å². The highest BCUT2D eigenvalue weighted by Gasteiger charge is 2.40. The van der Waals surface area contributed by atoms with Crippen LogP contribution in [0.4, 0.5) is 4.39 Å². The van der Waals surface area contributed by atoms with Gasteiger partial charge in [-0.2, -0.15) is 0 Å². The standard InChI is InChI=1S/C20H29FN4O.HI/c1-13(2)19(26)25-10-8-14(9-11-25)23-20(22-3)24-18-12-16(18)15-6-4-5-7-17(15)21;/h4-7,13-14,16,18H,8-12H2,1-3H3,(H2,22,23,24);1H. The Labute approximate surface area is 178 Å². The fourth-order valence-electron chi connectivity index (χ4n) is 3.62. The summed E-state index contributed by atoms with van der Waals surface area (Å²) in [6.07, 6.45) is 2.75. The number of guanidine groups is 1. The first-order chi connectivity index (χ1) is 12.5. The van der Waals surface area contributed by atoms with Crippen molar-refractivity contribution in [2.75, 3.05) is 20.1 Å². The molecular weight excluding hydrogens is 458 g/mol. The third-order valence-corrected chi connectivity index (χ3v) is 5.28. The number of amides is 1. The van der Waals surface area contributed by atoms with Gasteiger partial charge in [-0.3, -0.25) is 9.79 Å². The lowest BCUT2D eigenvalue weighted by molar-refractivity contribution is -0.135. The molecule has 5 nitrogen and oxygen atoms in total. The number of carbonyl (C=O) groups excluding carboxylic acids is 1. The van der Waals surface area contributed by atoms with Crippen molar-refractivity contribution < 1.29 is 9.18 Å². The van der Waals surface area contributed by atoms with Crippen molar-refractivity contribution in [2.45, 2.75) is 51.1 Å². The van der Waals surface area contributed by atoms with Crippen LogP contribution in [0, 0.1) is 11.7 Å². The molecule has 2 unspecified atom stereocenters. The van der Waals surface area contributed by atoms with Crippen molar-refractivity contribution in [1.29, 1.82) is 0 Å². The number of nitrogens with one attached hydrogen (secondary N) is 2. The Morgan fingerprint density at radius 3 is 2.48 bits per heavy atom. The number of carbonyl (C=O) groups is 1. The zero-order chi connectivity index (χ0) is 18.7. The molecule has 3 rings (SSSR count). The number of nitrogens with zero attached hydrogens (tertiary/aromatic N) is 2. The highest BCUT2D eigenvalue weighted by atomic mass is 127. The summed E-state index contributed by atoms with van der Waals surface area (Å²) in [6.45, 7) is 5.46. The summed E-state index contributed by atoms with van der Waals surface area (Å²) < 4.78 is 13.9. The highest BCUT2D eigenvalue weighted by molar-refractivity contribution is 14.0. The van der Waals surface area contributed by atoms with E-state index in [0.29, 0.717) is 6.04 Å². The lowest BCUT2D eigenvalue weighted by Gasteiger charge is -2.34. The lowest BCUT2D eigenvalue weighted by Crippen LogP contribution is -2.50. The van der Waals surface area contributed by atoms with Gasteiger partial charge in [-0.1, -0.05) is 32.0 Å². The maximum Gasteiger partial charge on any atom is 0.225 e. The zero-order valence-corrected chi connectivity index (χ0v) is 18.6. The van der Waals surface area contributed by atoms with Crippen LogP contribution < -0.4 is 10.6 Å². The summed E-state index contributed by atoms with van der Waals surface area (Å²) in [5.74, 6) is 1.13. The Kier molecular flexibility index (Phi) is 7.88. The van der Waals surface area contributed by atoms with Gasteiger partial charge in [-0.15, -0.1) is 24.0 Å². The van der Waals surface area contributed by atoms with Gasteiger partial charge in [0.25, 0.3) is 0 Å². The third kappa shape index (κ3) is 5.56. The van der Waals surface area contributed by atoms with E-state index in [1.807, 2.05) is 30.9 Å². The number of piperidine rings is 1. The van der Waals surface area contributed by atoms with E-state index in [9.17, 15) is 9.18 Å². The van der Waals surface area contributed by atoms with Crippen LogP contribution in [0.25, 0.3) is 0 Å². The molecule has 2 N–H and O–H groups in total. The Bertz CT molecular complexity index is 674. The number of benzene rings is 1. The molecule has 0 radical (unpaired) electrons. The van der Waals surface area contributed by atoms with E-state index in [1.165, 1.54) is 6.07 Å².